The molecule has 3 nitrogen and oxygen atoms in total. The van der Waals surface area contributed by atoms with E-state index in [1.807, 2.05) is 0 Å². The summed E-state index contributed by atoms with van der Waals surface area (Å²) in [5.74, 6) is -1.65. The van der Waals surface area contributed by atoms with Crippen LogP contribution in [-0.4, -0.2) is 19.7 Å². The van der Waals surface area contributed by atoms with E-state index in [1.54, 1.807) is 0 Å². The summed E-state index contributed by atoms with van der Waals surface area (Å²) in [4.78, 5) is 10.3. The molecule has 0 saturated carbocycles. The van der Waals surface area contributed by atoms with Crippen molar-refractivity contribution < 1.29 is 30.8 Å². The molecule has 0 N–H and O–H groups in total. The molecule has 0 spiro atoms. The van der Waals surface area contributed by atoms with E-state index >= 15 is 0 Å². The lowest BCUT2D eigenvalue weighted by Crippen LogP contribution is -2.25. The van der Waals surface area contributed by atoms with Crippen molar-refractivity contribution in [3.8, 4) is 0 Å². The van der Waals surface area contributed by atoms with Crippen molar-refractivity contribution >= 4 is 15.6 Å². The summed E-state index contributed by atoms with van der Waals surface area (Å²) in [7, 11) is -5.64. The van der Waals surface area contributed by atoms with Gasteiger partial charge in [-0.2, -0.15) is 13.2 Å². The minimum Gasteiger partial charge on any atom is -0.294 e. The maximum absolute atomic E-state index is 13.3. The molecular weight excluding hydrogens is 276 g/mol. The fraction of sp³-hybridized carbons (Fsp3) is 0.300. The van der Waals surface area contributed by atoms with Gasteiger partial charge in [-0.3, -0.25) is 4.79 Å². The van der Waals surface area contributed by atoms with Gasteiger partial charge in [0.25, 0.3) is 9.84 Å². The van der Waals surface area contributed by atoms with Crippen molar-refractivity contribution in [3.05, 3.63) is 29.1 Å². The summed E-state index contributed by atoms with van der Waals surface area (Å²) >= 11 is 0. The molecule has 0 saturated heterocycles. The lowest BCUT2D eigenvalue weighted by Gasteiger charge is -2.11. The number of hydrogen-bond acceptors (Lipinski definition) is 3. The van der Waals surface area contributed by atoms with E-state index in [0.29, 0.717) is 12.1 Å². The quantitative estimate of drug-likeness (QED) is 0.586. The number of alkyl halides is 3. The predicted molar refractivity (Wildman–Crippen MR) is 52.3 cm³/mol. The molecule has 1 aromatic carbocycles. The SMILES string of the molecule is O=C1CCc2c(F)ccc(S(=O)(=O)C(F)(F)F)c21. The highest BCUT2D eigenvalue weighted by Gasteiger charge is 2.49. The van der Waals surface area contributed by atoms with E-state index in [9.17, 15) is 30.8 Å². The normalized spacial score (nSPS) is 15.9. The Kier molecular flexibility index (Phi) is 2.73. The molecule has 8 heteroatoms. The maximum atomic E-state index is 13.3. The van der Waals surface area contributed by atoms with E-state index in [4.69, 9.17) is 0 Å². The summed E-state index contributed by atoms with van der Waals surface area (Å²) in [6, 6.07) is 1.12. The largest absolute Gasteiger partial charge is 0.501 e. The van der Waals surface area contributed by atoms with Crippen molar-refractivity contribution in [1.82, 2.24) is 0 Å². The summed E-state index contributed by atoms with van der Waals surface area (Å²) in [5.41, 5.74) is -6.43. The molecule has 2 rings (SSSR count). The number of rotatable bonds is 1. The molecule has 0 aliphatic heterocycles. The van der Waals surface area contributed by atoms with E-state index in [2.05, 4.69) is 0 Å². The van der Waals surface area contributed by atoms with Crippen LogP contribution in [0.25, 0.3) is 0 Å². The molecular formula is C10H6F4O3S. The number of fused-ring (bicyclic) bond motifs is 1. The van der Waals surface area contributed by atoms with Crippen LogP contribution in [-0.2, 0) is 16.3 Å². The third-order valence-electron chi connectivity index (χ3n) is 2.69. The topological polar surface area (TPSA) is 51.2 Å². The van der Waals surface area contributed by atoms with E-state index in [-0.39, 0.29) is 18.4 Å². The van der Waals surface area contributed by atoms with Gasteiger partial charge in [-0.1, -0.05) is 0 Å². The van der Waals surface area contributed by atoms with Crippen molar-refractivity contribution in [1.29, 1.82) is 0 Å². The summed E-state index contributed by atoms with van der Waals surface area (Å²) in [6.45, 7) is 0. The fourth-order valence-electron chi connectivity index (χ4n) is 1.86. The van der Waals surface area contributed by atoms with Crippen LogP contribution < -0.4 is 0 Å². The van der Waals surface area contributed by atoms with Gasteiger partial charge in [0.1, 0.15) is 5.82 Å². The zero-order valence-corrected chi connectivity index (χ0v) is 9.53. The van der Waals surface area contributed by atoms with Crippen molar-refractivity contribution in [2.24, 2.45) is 0 Å². The molecule has 0 amide bonds. The number of halogens is 4. The second-order valence-corrected chi connectivity index (χ2v) is 5.68. The molecule has 98 valence electrons. The molecule has 0 radical (unpaired) electrons. The third kappa shape index (κ3) is 1.71. The first kappa shape index (κ1) is 13.0. The van der Waals surface area contributed by atoms with E-state index < -0.39 is 37.4 Å². The highest BCUT2D eigenvalue weighted by molar-refractivity contribution is 7.92. The lowest BCUT2D eigenvalue weighted by molar-refractivity contribution is -0.0436. The van der Waals surface area contributed by atoms with Gasteiger partial charge in [0.05, 0.1) is 4.90 Å². The Bertz CT molecular complexity index is 631. The molecule has 0 bridgehead atoms. The Morgan fingerprint density at radius 2 is 1.72 bits per heavy atom. The van der Waals surface area contributed by atoms with Crippen LogP contribution >= 0.6 is 0 Å². The zero-order chi connectivity index (χ0) is 13.7. The number of sulfone groups is 1. The second kappa shape index (κ2) is 3.78. The van der Waals surface area contributed by atoms with Gasteiger partial charge in [0.2, 0.25) is 0 Å². The summed E-state index contributed by atoms with van der Waals surface area (Å²) in [5, 5.41) is 0. The monoisotopic (exact) mass is 282 g/mol. The van der Waals surface area contributed by atoms with Crippen LogP contribution in [0.1, 0.15) is 22.3 Å². The standard InChI is InChI=1S/C10H6F4O3S/c11-6-2-4-8(18(16,17)10(12,13)14)9-5(6)1-3-7(9)15/h2,4H,1,3H2. The molecule has 1 aliphatic rings. The molecule has 0 atom stereocenters. The van der Waals surface area contributed by atoms with Gasteiger partial charge < -0.3 is 0 Å². The van der Waals surface area contributed by atoms with E-state index in [1.165, 1.54) is 0 Å². The van der Waals surface area contributed by atoms with Crippen molar-refractivity contribution in [2.75, 3.05) is 0 Å². The van der Waals surface area contributed by atoms with Gasteiger partial charge in [-0.15, -0.1) is 0 Å². The lowest BCUT2D eigenvalue weighted by atomic mass is 10.1. The van der Waals surface area contributed by atoms with Crippen molar-refractivity contribution in [2.45, 2.75) is 23.2 Å². The van der Waals surface area contributed by atoms with Gasteiger partial charge >= 0.3 is 5.51 Å². The van der Waals surface area contributed by atoms with Gasteiger partial charge in [0.15, 0.2) is 5.78 Å². The van der Waals surface area contributed by atoms with Crippen LogP contribution in [0.5, 0.6) is 0 Å². The van der Waals surface area contributed by atoms with E-state index in [0.717, 1.165) is 0 Å². The molecule has 1 aromatic rings. The zero-order valence-electron chi connectivity index (χ0n) is 8.71. The Morgan fingerprint density at radius 3 is 2.28 bits per heavy atom. The van der Waals surface area contributed by atoms with Gasteiger partial charge in [0, 0.05) is 17.5 Å². The minimum atomic E-state index is -5.64. The molecule has 18 heavy (non-hydrogen) atoms. The summed E-state index contributed by atoms with van der Waals surface area (Å²) < 4.78 is 73.1. The number of carbonyl (C=O) groups excluding carboxylic acids is 1. The number of ketones is 1. The molecule has 0 unspecified atom stereocenters. The van der Waals surface area contributed by atoms with Gasteiger partial charge in [-0.25, -0.2) is 12.8 Å². The van der Waals surface area contributed by atoms with Crippen LogP contribution in [0.2, 0.25) is 0 Å². The number of hydrogen-bond donors (Lipinski definition) is 0. The molecule has 1 aliphatic carbocycles. The first-order valence-corrected chi connectivity index (χ1v) is 6.30. The Labute approximate surface area is 99.3 Å². The number of benzene rings is 1. The smallest absolute Gasteiger partial charge is 0.294 e. The molecule has 0 heterocycles. The molecule has 0 fully saturated rings. The highest BCUT2D eigenvalue weighted by atomic mass is 32.2. The predicted octanol–water partition coefficient (Wildman–Crippen LogP) is 2.25. The van der Waals surface area contributed by atoms with Crippen LogP contribution in [0.15, 0.2) is 17.0 Å². The first-order valence-electron chi connectivity index (χ1n) is 4.82. The van der Waals surface area contributed by atoms with Crippen LogP contribution in [0, 0.1) is 5.82 Å². The molecule has 0 aromatic heterocycles. The average Bonchev–Trinajstić information content (AvgIpc) is 2.60. The Balaban J connectivity index is 2.77. The van der Waals surface area contributed by atoms with Crippen LogP contribution in [0.4, 0.5) is 17.6 Å². The highest BCUT2D eigenvalue weighted by Crippen LogP contribution is 2.37. The first-order chi connectivity index (χ1) is 8.16. The van der Waals surface area contributed by atoms with Crippen molar-refractivity contribution in [3.63, 3.8) is 0 Å². The second-order valence-electron chi connectivity index (χ2n) is 3.77. The number of Topliss-reactive ketones (excluding diaryl/α,β-unsaturated/α-hetero) is 1. The van der Waals surface area contributed by atoms with Crippen LogP contribution in [0.3, 0.4) is 0 Å². The fourth-order valence-corrected chi connectivity index (χ4v) is 2.87. The Morgan fingerprint density at radius 1 is 1.11 bits per heavy atom. The third-order valence-corrected chi connectivity index (χ3v) is 4.22. The average molecular weight is 282 g/mol. The number of carbonyl (C=O) groups is 1. The van der Waals surface area contributed by atoms with Gasteiger partial charge in [-0.05, 0) is 18.6 Å². The minimum absolute atomic E-state index is 0.0821. The maximum Gasteiger partial charge on any atom is 0.501 e. The summed E-state index contributed by atoms with van der Waals surface area (Å²) in [6.07, 6.45) is -0.266. The Hall–Kier alpha value is -1.44.